The smallest absolute Gasteiger partial charge is 0.263 e. The van der Waals surface area contributed by atoms with Crippen molar-refractivity contribution in [2.45, 2.75) is 43.5 Å². The van der Waals surface area contributed by atoms with E-state index in [1.54, 1.807) is 12.1 Å². The summed E-state index contributed by atoms with van der Waals surface area (Å²) in [5.41, 5.74) is 3.52. The maximum atomic E-state index is 14.3. The largest absolute Gasteiger partial charge is 0.264 e. The molecule has 164 valence electrons. The molecule has 7 heteroatoms. The third-order valence-electron chi connectivity index (χ3n) is 5.86. The molecule has 0 aliphatic carbocycles. The van der Waals surface area contributed by atoms with Gasteiger partial charge in [-0.25, -0.2) is 12.8 Å². The lowest BCUT2D eigenvalue weighted by molar-refractivity contribution is 0.517. The van der Waals surface area contributed by atoms with Crippen molar-refractivity contribution in [3.8, 4) is 6.07 Å². The van der Waals surface area contributed by atoms with Crippen molar-refractivity contribution in [2.75, 3.05) is 4.31 Å². The van der Waals surface area contributed by atoms with Gasteiger partial charge in [0.1, 0.15) is 5.82 Å². The van der Waals surface area contributed by atoms with Gasteiger partial charge in [0.15, 0.2) is 0 Å². The minimum absolute atomic E-state index is 0.133. The number of halogens is 2. The first-order valence-electron chi connectivity index (χ1n) is 10.4. The quantitative estimate of drug-likeness (QED) is 0.475. The molecule has 0 bridgehead atoms. The Balaban J connectivity index is 1.72. The minimum Gasteiger partial charge on any atom is -0.263 e. The average molecular weight is 469 g/mol. The Morgan fingerprint density at radius 2 is 1.88 bits per heavy atom. The van der Waals surface area contributed by atoms with E-state index in [1.807, 2.05) is 31.2 Å². The van der Waals surface area contributed by atoms with Gasteiger partial charge in [0.2, 0.25) is 0 Å². The van der Waals surface area contributed by atoms with Gasteiger partial charge < -0.3 is 0 Å². The third kappa shape index (κ3) is 4.36. The van der Waals surface area contributed by atoms with Crippen LogP contribution in [0.3, 0.4) is 0 Å². The van der Waals surface area contributed by atoms with Gasteiger partial charge in [-0.05, 0) is 91.8 Å². The van der Waals surface area contributed by atoms with Crippen LogP contribution in [-0.4, -0.2) is 14.5 Å². The Kier molecular flexibility index (Phi) is 6.23. The first kappa shape index (κ1) is 22.3. The number of anilines is 1. The Bertz CT molecular complexity index is 1300. The van der Waals surface area contributed by atoms with E-state index in [4.69, 9.17) is 16.9 Å². The molecular formula is C25H22ClFN2O2S. The number of sulfonamides is 1. The van der Waals surface area contributed by atoms with E-state index in [2.05, 4.69) is 0 Å². The molecule has 1 unspecified atom stereocenters. The van der Waals surface area contributed by atoms with E-state index >= 15 is 0 Å². The summed E-state index contributed by atoms with van der Waals surface area (Å²) in [6.07, 6.45) is 2.26. The summed E-state index contributed by atoms with van der Waals surface area (Å²) in [7, 11) is -3.88. The second-order valence-electron chi connectivity index (χ2n) is 8.04. The predicted octanol–water partition coefficient (Wildman–Crippen LogP) is 5.80. The third-order valence-corrected chi connectivity index (χ3v) is 7.97. The van der Waals surface area contributed by atoms with Crippen molar-refractivity contribution in [1.82, 2.24) is 0 Å². The summed E-state index contributed by atoms with van der Waals surface area (Å²) in [4.78, 5) is 0.133. The van der Waals surface area contributed by atoms with Crippen LogP contribution in [0.1, 0.15) is 35.1 Å². The standard InChI is InChI=1S/C25H22ClFN2O2S/c1-17-2-5-20-8-11-22(10-7-19-6-9-21(26)15-24(19)27)29(25(20)14-17)32(30,31)23-12-3-18(16-28)4-13-23/h2-6,9,12-15,22H,7-8,10-11H2,1H3. The second kappa shape index (κ2) is 8.93. The fourth-order valence-electron chi connectivity index (χ4n) is 4.18. The molecule has 0 saturated carbocycles. The van der Waals surface area contributed by atoms with Gasteiger partial charge in [0, 0.05) is 11.1 Å². The SMILES string of the molecule is Cc1ccc2c(c1)N(S(=O)(=O)c1ccc(C#N)cc1)C(CCc1ccc(Cl)cc1F)CC2. The zero-order valence-corrected chi connectivity index (χ0v) is 19.1. The van der Waals surface area contributed by atoms with Crippen molar-refractivity contribution in [3.63, 3.8) is 0 Å². The molecular weight excluding hydrogens is 447 g/mol. The van der Waals surface area contributed by atoms with E-state index in [-0.39, 0.29) is 16.8 Å². The Morgan fingerprint density at radius 1 is 1.12 bits per heavy atom. The molecule has 0 N–H and O–H groups in total. The number of hydrogen-bond donors (Lipinski definition) is 0. The lowest BCUT2D eigenvalue weighted by atomic mass is 9.93. The summed E-state index contributed by atoms with van der Waals surface area (Å²) < 4.78 is 43.3. The number of rotatable bonds is 5. The van der Waals surface area contributed by atoms with E-state index in [1.165, 1.54) is 34.6 Å². The summed E-state index contributed by atoms with van der Waals surface area (Å²) in [6.45, 7) is 1.93. The molecule has 0 amide bonds. The fourth-order valence-corrected chi connectivity index (χ4v) is 6.07. The van der Waals surface area contributed by atoms with E-state index in [0.29, 0.717) is 41.1 Å². The molecule has 1 heterocycles. The highest BCUT2D eigenvalue weighted by molar-refractivity contribution is 7.92. The van der Waals surface area contributed by atoms with Crippen LogP contribution in [0, 0.1) is 24.1 Å². The van der Waals surface area contributed by atoms with Crippen molar-refractivity contribution < 1.29 is 12.8 Å². The number of fused-ring (bicyclic) bond motifs is 1. The normalized spacial score (nSPS) is 15.8. The zero-order valence-electron chi connectivity index (χ0n) is 17.6. The number of hydrogen-bond acceptors (Lipinski definition) is 3. The summed E-state index contributed by atoms with van der Waals surface area (Å²) in [5, 5.41) is 9.38. The van der Waals surface area contributed by atoms with Crippen LogP contribution < -0.4 is 4.31 Å². The van der Waals surface area contributed by atoms with Gasteiger partial charge >= 0.3 is 0 Å². The van der Waals surface area contributed by atoms with E-state index < -0.39 is 10.0 Å². The topological polar surface area (TPSA) is 61.2 Å². The molecule has 32 heavy (non-hydrogen) atoms. The Labute approximate surface area is 192 Å². The molecule has 4 rings (SSSR count). The van der Waals surface area contributed by atoms with Gasteiger partial charge in [0.25, 0.3) is 10.0 Å². The van der Waals surface area contributed by atoms with Crippen molar-refractivity contribution in [2.24, 2.45) is 0 Å². The number of aryl methyl sites for hydroxylation is 3. The van der Waals surface area contributed by atoms with Crippen molar-refractivity contribution in [3.05, 3.63) is 93.8 Å². The monoisotopic (exact) mass is 468 g/mol. The first-order valence-corrected chi connectivity index (χ1v) is 12.2. The maximum absolute atomic E-state index is 14.3. The molecule has 0 aromatic heterocycles. The minimum atomic E-state index is -3.88. The summed E-state index contributed by atoms with van der Waals surface area (Å²) in [6, 6.07) is 18.1. The van der Waals surface area contributed by atoms with Crippen LogP contribution in [0.25, 0.3) is 0 Å². The Hall–Kier alpha value is -2.88. The van der Waals surface area contributed by atoms with Gasteiger partial charge in [-0.2, -0.15) is 5.26 Å². The lowest BCUT2D eigenvalue weighted by Gasteiger charge is -2.38. The molecule has 1 atom stereocenters. The van der Waals surface area contributed by atoms with Crippen LogP contribution in [-0.2, 0) is 22.9 Å². The van der Waals surface area contributed by atoms with Gasteiger partial charge in [-0.15, -0.1) is 0 Å². The first-order chi connectivity index (χ1) is 15.3. The highest BCUT2D eigenvalue weighted by atomic mass is 35.5. The number of nitriles is 1. The molecule has 3 aromatic rings. The Morgan fingerprint density at radius 3 is 2.56 bits per heavy atom. The van der Waals surface area contributed by atoms with E-state index in [9.17, 15) is 12.8 Å². The molecule has 3 aromatic carbocycles. The summed E-state index contributed by atoms with van der Waals surface area (Å²) in [5.74, 6) is -0.383. The predicted molar refractivity (Wildman–Crippen MR) is 124 cm³/mol. The zero-order chi connectivity index (χ0) is 22.9. The molecule has 0 spiro atoms. The second-order valence-corrected chi connectivity index (χ2v) is 10.3. The maximum Gasteiger partial charge on any atom is 0.264 e. The van der Waals surface area contributed by atoms with Crippen LogP contribution in [0.5, 0.6) is 0 Å². The van der Waals surface area contributed by atoms with Gasteiger partial charge in [-0.1, -0.05) is 29.8 Å². The van der Waals surface area contributed by atoms with Crippen LogP contribution in [0.4, 0.5) is 10.1 Å². The molecule has 0 saturated heterocycles. The number of benzene rings is 3. The molecule has 4 nitrogen and oxygen atoms in total. The molecule has 0 radical (unpaired) electrons. The average Bonchev–Trinajstić information content (AvgIpc) is 2.78. The van der Waals surface area contributed by atoms with Crippen LogP contribution in [0.2, 0.25) is 5.02 Å². The summed E-state index contributed by atoms with van der Waals surface area (Å²) >= 11 is 5.86. The number of nitrogens with zero attached hydrogens (tertiary/aromatic N) is 2. The van der Waals surface area contributed by atoms with Crippen LogP contribution >= 0.6 is 11.6 Å². The fraction of sp³-hybridized carbons (Fsp3) is 0.240. The molecule has 1 aliphatic heterocycles. The van der Waals surface area contributed by atoms with Crippen LogP contribution in [0.15, 0.2) is 65.6 Å². The highest BCUT2D eigenvalue weighted by Gasteiger charge is 2.36. The van der Waals surface area contributed by atoms with Gasteiger partial charge in [0.05, 0.1) is 22.2 Å². The van der Waals surface area contributed by atoms with Gasteiger partial charge in [-0.3, -0.25) is 4.31 Å². The lowest BCUT2D eigenvalue weighted by Crippen LogP contribution is -2.44. The highest BCUT2D eigenvalue weighted by Crippen LogP contribution is 2.37. The van der Waals surface area contributed by atoms with E-state index in [0.717, 1.165) is 17.5 Å². The van der Waals surface area contributed by atoms with Crippen molar-refractivity contribution >= 4 is 27.3 Å². The molecule has 1 aliphatic rings. The molecule has 0 fully saturated rings. The van der Waals surface area contributed by atoms with Crippen molar-refractivity contribution in [1.29, 1.82) is 5.26 Å².